The molecule has 0 aliphatic heterocycles. The van der Waals surface area contributed by atoms with Crippen LogP contribution in [0, 0.1) is 174 Å². The van der Waals surface area contributed by atoms with E-state index in [2.05, 4.69) is 180 Å². The number of rotatable bonds is 20. The average molecular weight is 1880 g/mol. The Kier molecular flexibility index (Phi) is 68.1. The fourth-order valence-electron chi connectivity index (χ4n) is 22.2. The summed E-state index contributed by atoms with van der Waals surface area (Å²) in [7, 11) is 0. The van der Waals surface area contributed by atoms with E-state index in [9.17, 15) is 0 Å². The minimum atomic E-state index is 0. The van der Waals surface area contributed by atoms with Crippen molar-refractivity contribution in [1.29, 1.82) is 0 Å². The maximum atomic E-state index is 3.36. The maximum Gasteiger partial charge on any atom is 1.00 e. The summed E-state index contributed by atoms with van der Waals surface area (Å²) >= 11 is 0. The molecule has 14 rings (SSSR count). The van der Waals surface area contributed by atoms with Crippen LogP contribution in [0.4, 0.5) is 0 Å². The molecule has 8 aliphatic carbocycles. The van der Waals surface area contributed by atoms with Crippen molar-refractivity contribution in [3.05, 3.63) is 210 Å². The van der Waals surface area contributed by atoms with Crippen molar-refractivity contribution in [2.24, 2.45) is 94.7 Å². The Morgan fingerprint density at radius 3 is 0.627 bits per heavy atom. The molecule has 0 saturated heterocycles. The summed E-state index contributed by atoms with van der Waals surface area (Å²) < 4.78 is 0. The van der Waals surface area contributed by atoms with Gasteiger partial charge in [0.2, 0.25) is 0 Å². The Bertz CT molecular complexity index is 3510. The summed E-state index contributed by atoms with van der Waals surface area (Å²) in [4.78, 5) is 0. The minimum absolute atomic E-state index is 0. The molecule has 0 unspecified atom stereocenters. The van der Waals surface area contributed by atoms with E-state index in [-0.39, 0.29) is 296 Å². The van der Waals surface area contributed by atoms with Gasteiger partial charge in [-0.15, -0.1) is 0 Å². The summed E-state index contributed by atoms with van der Waals surface area (Å²) in [5.74, 6) is 16.0. The average Bonchev–Trinajstić information content (AvgIpc) is 0.827. The van der Waals surface area contributed by atoms with Crippen molar-refractivity contribution in [3.8, 4) is 0 Å². The van der Waals surface area contributed by atoms with Crippen molar-refractivity contribution in [2.45, 2.75) is 382 Å². The third-order valence-electron chi connectivity index (χ3n) is 30.8. The zero-order valence-electron chi connectivity index (χ0n) is 76.5. The van der Waals surface area contributed by atoms with Crippen molar-refractivity contribution in [1.82, 2.24) is 0 Å². The van der Waals surface area contributed by atoms with Crippen LogP contribution in [0.2, 0.25) is 0 Å². The SMILES string of the molecule is C.C.C.C.Cc1[c-]ccc(CC2CCC(CC3CCC(C)CC3)CC2)c1C.Cc1[c-]ccc(CC2CCC(CC3CCC(CC4CCC(C)CC4)CC3)CC2)c1C.Cc1c(Cc2cc[c-]cc2)ccc(CC2CCC(C)CC2)c1C.Cc1c(Cc2cc[c-]cc2)ccc(CC2CCC(CC3CCC(C)CC3)CC2)c1C.[B].[B].[B].[B].[Rb+].[Rb+].[Rb+].[Rb+]. The molecule has 0 aromatic heterocycles. The molecule has 12 radical (unpaired) electrons. The molecule has 0 bridgehead atoms. The zero-order chi connectivity index (χ0) is 74.3. The topological polar surface area (TPSA) is 0 Å². The normalized spacial score (nSPS) is 26.3. The summed E-state index contributed by atoms with van der Waals surface area (Å²) in [6, 6.07) is 48.2. The van der Waals surface area contributed by atoms with Gasteiger partial charge in [0.05, 0.1) is 0 Å². The van der Waals surface area contributed by atoms with Gasteiger partial charge in [-0.3, -0.25) is 0 Å². The summed E-state index contributed by atoms with van der Waals surface area (Å²) in [6.07, 6.45) is 61.1. The monoisotopic (exact) mass is 1870 g/mol. The molecule has 0 amide bonds. The van der Waals surface area contributed by atoms with E-state index in [1.807, 2.05) is 24.3 Å². The van der Waals surface area contributed by atoms with Crippen LogP contribution in [-0.2, 0) is 38.5 Å². The van der Waals surface area contributed by atoms with E-state index in [1.165, 1.54) is 285 Å². The van der Waals surface area contributed by atoms with Crippen LogP contribution < -0.4 is 233 Å². The van der Waals surface area contributed by atoms with Crippen LogP contribution in [-0.4, -0.2) is 33.7 Å². The second kappa shape index (κ2) is 65.4. The predicted molar refractivity (Wildman–Crippen MR) is 507 cm³/mol. The maximum absolute atomic E-state index is 3.36. The van der Waals surface area contributed by atoms with Gasteiger partial charge in [0.15, 0.2) is 0 Å². The first-order valence-corrected chi connectivity index (χ1v) is 45.4. The molecular weight excluding hydrogens is 1710 g/mol. The minimum Gasteiger partial charge on any atom is -0.184 e. The predicted octanol–water partition coefficient (Wildman–Crippen LogP) is 18.9. The van der Waals surface area contributed by atoms with E-state index < -0.39 is 0 Å². The zero-order valence-corrected chi connectivity index (χ0v) is 96.1. The molecule has 6 aromatic rings. The van der Waals surface area contributed by atoms with Crippen molar-refractivity contribution < 1.29 is 233 Å². The van der Waals surface area contributed by atoms with Crippen molar-refractivity contribution >= 4 is 33.7 Å². The molecular formula is C110H168B4Rb4. The van der Waals surface area contributed by atoms with E-state index in [0.717, 1.165) is 108 Å². The van der Waals surface area contributed by atoms with Crippen LogP contribution in [0.5, 0.6) is 0 Å². The number of benzene rings is 6. The Labute approximate surface area is 937 Å². The van der Waals surface area contributed by atoms with Gasteiger partial charge in [-0.1, -0.05) is 263 Å². The quantitative estimate of drug-likeness (QED) is 0.0528. The fraction of sp³-hybridized carbons (Fsp3) is 0.673. The van der Waals surface area contributed by atoms with Gasteiger partial charge >= 0.3 is 233 Å². The van der Waals surface area contributed by atoms with Crippen molar-refractivity contribution in [3.63, 3.8) is 0 Å². The molecule has 8 saturated carbocycles. The van der Waals surface area contributed by atoms with E-state index in [4.69, 9.17) is 0 Å². The van der Waals surface area contributed by atoms with Crippen LogP contribution in [0.15, 0.2) is 97.1 Å². The van der Waals surface area contributed by atoms with Gasteiger partial charge in [-0.05, 0) is 282 Å². The van der Waals surface area contributed by atoms with Gasteiger partial charge in [-0.25, -0.2) is 0 Å². The van der Waals surface area contributed by atoms with Gasteiger partial charge in [0.1, 0.15) is 0 Å². The van der Waals surface area contributed by atoms with Gasteiger partial charge in [0, 0.05) is 33.7 Å². The Morgan fingerprint density at radius 2 is 0.398 bits per heavy atom. The van der Waals surface area contributed by atoms with E-state index >= 15 is 0 Å². The first kappa shape index (κ1) is 123. The molecule has 8 heteroatoms. The Morgan fingerprint density at radius 1 is 0.220 bits per heavy atom. The molecule has 118 heavy (non-hydrogen) atoms. The van der Waals surface area contributed by atoms with Gasteiger partial charge in [0.25, 0.3) is 0 Å². The molecule has 8 fully saturated rings. The molecule has 0 N–H and O–H groups in total. The van der Waals surface area contributed by atoms with Crippen LogP contribution >= 0.6 is 0 Å². The number of hydrogen-bond donors (Lipinski definition) is 0. The van der Waals surface area contributed by atoms with Crippen LogP contribution in [0.25, 0.3) is 0 Å². The molecule has 0 atom stereocenters. The smallest absolute Gasteiger partial charge is 0.184 e. The summed E-state index contributed by atoms with van der Waals surface area (Å²) in [5, 5.41) is 0. The molecule has 0 heterocycles. The summed E-state index contributed by atoms with van der Waals surface area (Å²) in [6.45, 7) is 28.0. The summed E-state index contributed by atoms with van der Waals surface area (Å²) in [5.41, 5.74) is 23.7. The number of aryl methyl sites for hydroxylation is 2. The fourth-order valence-corrected chi connectivity index (χ4v) is 22.2. The van der Waals surface area contributed by atoms with E-state index in [1.54, 1.807) is 60.8 Å². The van der Waals surface area contributed by atoms with Crippen LogP contribution in [0.1, 0.15) is 378 Å². The molecule has 0 nitrogen and oxygen atoms in total. The van der Waals surface area contributed by atoms with E-state index in [0.29, 0.717) is 0 Å². The first-order chi connectivity index (χ1) is 51.4. The second-order valence-electron chi connectivity index (χ2n) is 38.8. The largest absolute Gasteiger partial charge is 1.00 e. The van der Waals surface area contributed by atoms with Gasteiger partial charge < -0.3 is 0 Å². The van der Waals surface area contributed by atoms with Crippen LogP contribution in [0.3, 0.4) is 0 Å². The number of hydrogen-bond acceptors (Lipinski definition) is 0. The standard InChI is InChI=1S/C30H47.C30H41.C23H35.C23H29.4CH4.4B.4Rb/c1-22-7-9-25(10-8-22)19-26-11-13-27(14-12-26)20-28-15-17-29(18-16-28)21-30-6-4-5-23(2)24(30)3;1-22-9-11-26(12-10-22)19-27-13-15-28(16-14-27)21-30-18-17-29(23(2)24(30)3)20-25-7-5-4-6-8-25;1-17-7-9-20(10-8-17)15-21-11-13-22(14-12-21)16-23-6-4-5-18(2)19(23)3;1-17-9-11-21(12-10-17)16-23-14-13-22(18(2)19(23)3)15-20-7-5-4-6-8-20;;;;;;;;;;;;/h4,6,22,25-29H,7-21H2,1-3H3;5-8,17-18,22,26-28H,9-16,19-21H2,1-3H3;4,6,17,20-22H,7-16H2,1-3H3;5-8,13-14,17,21H,9-12,15-16H2,1-3H3;4*1H4;;;;;;;;/q4*-1;;;;;;;;;4*+1. The molecule has 6 aromatic carbocycles. The third kappa shape index (κ3) is 40.9. The van der Waals surface area contributed by atoms with Gasteiger partial charge in [-0.2, -0.15) is 142 Å². The first-order valence-electron chi connectivity index (χ1n) is 45.4. The molecule has 624 valence electrons. The van der Waals surface area contributed by atoms with Crippen molar-refractivity contribution in [2.75, 3.05) is 0 Å². The Hall–Kier alpha value is 2.80. The second-order valence-corrected chi connectivity index (χ2v) is 38.8. The molecule has 0 spiro atoms. The third-order valence-corrected chi connectivity index (χ3v) is 30.8. The Balaban J connectivity index is 0. The molecule has 8 aliphatic rings.